The second kappa shape index (κ2) is 7.95. The number of hydrogen-bond acceptors (Lipinski definition) is 2. The zero-order valence-corrected chi connectivity index (χ0v) is 14.5. The SMILES string of the molecule is Cc1ccc(N=Cc2cccc(OCc3cccc(F)c3)c2)cc1Cl. The van der Waals surface area contributed by atoms with Gasteiger partial charge in [0.2, 0.25) is 0 Å². The number of benzene rings is 3. The van der Waals surface area contributed by atoms with Crippen molar-refractivity contribution in [3.8, 4) is 5.75 Å². The van der Waals surface area contributed by atoms with Gasteiger partial charge in [0, 0.05) is 11.2 Å². The van der Waals surface area contributed by atoms with Gasteiger partial charge in [-0.05, 0) is 60.0 Å². The highest BCUT2D eigenvalue weighted by atomic mass is 35.5. The Morgan fingerprint density at radius 2 is 1.88 bits per heavy atom. The molecule has 0 bridgehead atoms. The zero-order chi connectivity index (χ0) is 17.6. The summed E-state index contributed by atoms with van der Waals surface area (Å²) in [6.07, 6.45) is 1.76. The summed E-state index contributed by atoms with van der Waals surface area (Å²) < 4.78 is 18.9. The topological polar surface area (TPSA) is 21.6 Å². The molecular weight excluding hydrogens is 337 g/mol. The number of rotatable bonds is 5. The van der Waals surface area contributed by atoms with Crippen LogP contribution in [-0.4, -0.2) is 6.21 Å². The number of hydrogen-bond donors (Lipinski definition) is 0. The summed E-state index contributed by atoms with van der Waals surface area (Å²) in [5, 5.41) is 0.696. The third-order valence-corrected chi connectivity index (χ3v) is 4.08. The van der Waals surface area contributed by atoms with Crippen LogP contribution in [0.15, 0.2) is 71.7 Å². The molecule has 0 aliphatic rings. The highest BCUT2D eigenvalue weighted by Gasteiger charge is 2.00. The van der Waals surface area contributed by atoms with Crippen LogP contribution < -0.4 is 4.74 Å². The smallest absolute Gasteiger partial charge is 0.123 e. The predicted molar refractivity (Wildman–Crippen MR) is 101 cm³/mol. The van der Waals surface area contributed by atoms with Gasteiger partial charge in [-0.25, -0.2) is 4.39 Å². The minimum atomic E-state index is -0.265. The lowest BCUT2D eigenvalue weighted by atomic mass is 10.2. The fourth-order valence-corrected chi connectivity index (χ4v) is 2.46. The Labute approximate surface area is 151 Å². The summed E-state index contributed by atoms with van der Waals surface area (Å²) in [5.74, 6) is 0.439. The van der Waals surface area contributed by atoms with Gasteiger partial charge in [0.25, 0.3) is 0 Å². The molecule has 25 heavy (non-hydrogen) atoms. The molecule has 0 aliphatic heterocycles. The van der Waals surface area contributed by atoms with Crippen molar-refractivity contribution in [1.82, 2.24) is 0 Å². The lowest BCUT2D eigenvalue weighted by Gasteiger charge is -2.07. The molecule has 0 saturated carbocycles. The molecule has 0 radical (unpaired) electrons. The zero-order valence-electron chi connectivity index (χ0n) is 13.7. The van der Waals surface area contributed by atoms with E-state index in [-0.39, 0.29) is 5.82 Å². The second-order valence-corrected chi connectivity index (χ2v) is 6.09. The first-order valence-electron chi connectivity index (χ1n) is 7.88. The van der Waals surface area contributed by atoms with E-state index in [1.807, 2.05) is 55.5 Å². The lowest BCUT2D eigenvalue weighted by molar-refractivity contribution is 0.305. The molecule has 3 aromatic carbocycles. The van der Waals surface area contributed by atoms with Crippen LogP contribution in [0.2, 0.25) is 5.02 Å². The first kappa shape index (κ1) is 17.2. The van der Waals surface area contributed by atoms with Gasteiger partial charge in [0.1, 0.15) is 18.2 Å². The van der Waals surface area contributed by atoms with Crippen LogP contribution in [0.1, 0.15) is 16.7 Å². The molecule has 3 rings (SSSR count). The lowest BCUT2D eigenvalue weighted by Crippen LogP contribution is -1.96. The highest BCUT2D eigenvalue weighted by molar-refractivity contribution is 6.31. The van der Waals surface area contributed by atoms with Crippen molar-refractivity contribution in [1.29, 1.82) is 0 Å². The quantitative estimate of drug-likeness (QED) is 0.506. The van der Waals surface area contributed by atoms with Crippen molar-refractivity contribution in [3.63, 3.8) is 0 Å². The molecule has 0 atom stereocenters. The average molecular weight is 354 g/mol. The summed E-state index contributed by atoms with van der Waals surface area (Å²) in [6, 6.07) is 19.6. The van der Waals surface area contributed by atoms with Gasteiger partial charge in [-0.2, -0.15) is 0 Å². The van der Waals surface area contributed by atoms with Crippen LogP contribution in [0.25, 0.3) is 0 Å². The maximum absolute atomic E-state index is 13.2. The first-order chi connectivity index (χ1) is 12.1. The molecule has 0 unspecified atom stereocenters. The molecule has 0 saturated heterocycles. The summed E-state index contributed by atoms with van der Waals surface area (Å²) in [5.41, 5.74) is 3.51. The summed E-state index contributed by atoms with van der Waals surface area (Å²) in [4.78, 5) is 4.43. The van der Waals surface area contributed by atoms with Crippen molar-refractivity contribution in [2.45, 2.75) is 13.5 Å². The van der Waals surface area contributed by atoms with Crippen molar-refractivity contribution >= 4 is 23.5 Å². The van der Waals surface area contributed by atoms with Crippen LogP contribution in [0.4, 0.5) is 10.1 Å². The van der Waals surface area contributed by atoms with E-state index in [0.717, 1.165) is 22.4 Å². The van der Waals surface area contributed by atoms with Gasteiger partial charge in [-0.1, -0.05) is 41.9 Å². The highest BCUT2D eigenvalue weighted by Crippen LogP contribution is 2.22. The molecule has 0 spiro atoms. The Balaban J connectivity index is 1.68. The number of aryl methyl sites for hydroxylation is 1. The monoisotopic (exact) mass is 353 g/mol. The summed E-state index contributed by atoms with van der Waals surface area (Å²) >= 11 is 6.11. The van der Waals surface area contributed by atoms with Gasteiger partial charge < -0.3 is 4.74 Å². The molecule has 0 fully saturated rings. The summed E-state index contributed by atoms with van der Waals surface area (Å²) in [6.45, 7) is 2.27. The van der Waals surface area contributed by atoms with Gasteiger partial charge >= 0.3 is 0 Å². The van der Waals surface area contributed by atoms with Gasteiger partial charge in [-0.15, -0.1) is 0 Å². The maximum atomic E-state index is 13.2. The van der Waals surface area contributed by atoms with Gasteiger partial charge in [-0.3, -0.25) is 4.99 Å². The largest absolute Gasteiger partial charge is 0.489 e. The Kier molecular flexibility index (Phi) is 5.46. The summed E-state index contributed by atoms with van der Waals surface area (Å²) in [7, 11) is 0. The standard InChI is InChI=1S/C21H17ClFNO/c1-15-8-9-19(12-21(15)22)24-13-16-4-3-7-20(11-16)25-14-17-5-2-6-18(23)10-17/h2-13H,14H2,1H3. The van der Waals surface area contributed by atoms with Crippen LogP contribution in [0.3, 0.4) is 0 Å². The Hall–Kier alpha value is -2.65. The van der Waals surface area contributed by atoms with E-state index in [0.29, 0.717) is 17.4 Å². The Morgan fingerprint density at radius 1 is 1.04 bits per heavy atom. The van der Waals surface area contributed by atoms with E-state index in [2.05, 4.69) is 4.99 Å². The second-order valence-electron chi connectivity index (χ2n) is 5.68. The maximum Gasteiger partial charge on any atom is 0.123 e. The normalized spacial score (nSPS) is 11.0. The van der Waals surface area contributed by atoms with E-state index < -0.39 is 0 Å². The molecule has 2 nitrogen and oxygen atoms in total. The molecule has 4 heteroatoms. The van der Waals surface area contributed by atoms with E-state index >= 15 is 0 Å². The Morgan fingerprint density at radius 3 is 2.68 bits per heavy atom. The minimum Gasteiger partial charge on any atom is -0.489 e. The van der Waals surface area contributed by atoms with E-state index in [1.165, 1.54) is 12.1 Å². The van der Waals surface area contributed by atoms with Crippen molar-refractivity contribution in [2.75, 3.05) is 0 Å². The molecule has 0 heterocycles. The van der Waals surface area contributed by atoms with E-state index in [9.17, 15) is 4.39 Å². The molecule has 3 aromatic rings. The number of halogens is 2. The van der Waals surface area contributed by atoms with Crippen molar-refractivity contribution in [3.05, 3.63) is 94.3 Å². The minimum absolute atomic E-state index is 0.265. The van der Waals surface area contributed by atoms with E-state index in [1.54, 1.807) is 12.3 Å². The number of aliphatic imine (C=N–C) groups is 1. The molecule has 126 valence electrons. The van der Waals surface area contributed by atoms with Crippen molar-refractivity contribution < 1.29 is 9.13 Å². The fourth-order valence-electron chi connectivity index (χ4n) is 2.29. The van der Waals surface area contributed by atoms with Crippen LogP contribution >= 0.6 is 11.6 Å². The molecule has 0 N–H and O–H groups in total. The number of nitrogens with zero attached hydrogens (tertiary/aromatic N) is 1. The molecule has 0 aromatic heterocycles. The third-order valence-electron chi connectivity index (χ3n) is 3.67. The van der Waals surface area contributed by atoms with Crippen LogP contribution in [0.5, 0.6) is 5.75 Å². The van der Waals surface area contributed by atoms with Gasteiger partial charge in [0.15, 0.2) is 0 Å². The van der Waals surface area contributed by atoms with Crippen LogP contribution in [0, 0.1) is 12.7 Å². The Bertz CT molecular complexity index is 908. The molecular formula is C21H17ClFNO. The molecule has 0 amide bonds. The first-order valence-corrected chi connectivity index (χ1v) is 8.25. The number of ether oxygens (including phenoxy) is 1. The van der Waals surface area contributed by atoms with Crippen LogP contribution in [-0.2, 0) is 6.61 Å². The van der Waals surface area contributed by atoms with Gasteiger partial charge in [0.05, 0.1) is 5.69 Å². The third kappa shape index (κ3) is 4.91. The predicted octanol–water partition coefficient (Wildman–Crippen LogP) is 6.12. The fraction of sp³-hybridized carbons (Fsp3) is 0.0952. The van der Waals surface area contributed by atoms with Crippen molar-refractivity contribution in [2.24, 2.45) is 4.99 Å². The average Bonchev–Trinajstić information content (AvgIpc) is 2.61. The van der Waals surface area contributed by atoms with E-state index in [4.69, 9.17) is 16.3 Å². The molecule has 0 aliphatic carbocycles.